The molecule has 0 aliphatic carbocycles. The van der Waals surface area contributed by atoms with Gasteiger partial charge >= 0.3 is 0 Å². The van der Waals surface area contributed by atoms with Crippen LogP contribution in [0.3, 0.4) is 0 Å². The lowest BCUT2D eigenvalue weighted by molar-refractivity contribution is -0.138. The van der Waals surface area contributed by atoms with Crippen LogP contribution in [0.25, 0.3) is 0 Å². The van der Waals surface area contributed by atoms with Crippen molar-refractivity contribution in [3.8, 4) is 0 Å². The van der Waals surface area contributed by atoms with E-state index in [1.54, 1.807) is 11.8 Å². The lowest BCUT2D eigenvalue weighted by Crippen LogP contribution is -2.70. The van der Waals surface area contributed by atoms with Gasteiger partial charge in [-0.05, 0) is 47.3 Å². The maximum atomic E-state index is 13.0. The van der Waals surface area contributed by atoms with Crippen molar-refractivity contribution in [2.24, 2.45) is 5.92 Å². The number of hydrogen-bond donors (Lipinski definition) is 1. The number of hydrogen-bond acceptors (Lipinski definition) is 2. The van der Waals surface area contributed by atoms with Crippen molar-refractivity contribution >= 4 is 33.4 Å². The zero-order chi connectivity index (χ0) is 15.8. The van der Waals surface area contributed by atoms with E-state index in [1.807, 2.05) is 45.0 Å². The molecule has 1 aromatic carbocycles. The van der Waals surface area contributed by atoms with Crippen molar-refractivity contribution < 1.29 is 9.59 Å². The number of carbonyl (C=O) groups excluding carboxylic acids is 2. The van der Waals surface area contributed by atoms with Crippen molar-refractivity contribution in [3.63, 3.8) is 0 Å². The largest absolute Gasteiger partial charge is 0.340 e. The molecule has 0 spiro atoms. The number of nitrogens with one attached hydrogen (secondary N) is 1. The summed E-state index contributed by atoms with van der Waals surface area (Å²) >= 11 is 3.49. The molecule has 0 aromatic heterocycles. The highest BCUT2D eigenvalue weighted by molar-refractivity contribution is 9.10. The highest BCUT2D eigenvalue weighted by Gasteiger charge is 2.48. The van der Waals surface area contributed by atoms with Crippen molar-refractivity contribution in [2.75, 3.05) is 4.90 Å². The van der Waals surface area contributed by atoms with E-state index in [2.05, 4.69) is 21.2 Å². The van der Waals surface area contributed by atoms with Crippen molar-refractivity contribution in [3.05, 3.63) is 28.7 Å². The van der Waals surface area contributed by atoms with Crippen molar-refractivity contribution in [1.82, 2.24) is 5.32 Å². The van der Waals surface area contributed by atoms with Crippen LogP contribution in [0.2, 0.25) is 0 Å². The molecule has 114 valence electrons. The second-order valence-corrected chi connectivity index (χ2v) is 6.84. The van der Waals surface area contributed by atoms with Gasteiger partial charge < -0.3 is 5.32 Å². The first-order chi connectivity index (χ1) is 9.81. The van der Waals surface area contributed by atoms with Crippen LogP contribution < -0.4 is 10.2 Å². The van der Waals surface area contributed by atoms with Crippen LogP contribution in [0.1, 0.15) is 34.1 Å². The lowest BCUT2D eigenvalue weighted by Gasteiger charge is -2.45. The fraction of sp³-hybridized carbons (Fsp3) is 0.500. The average Bonchev–Trinajstić information content (AvgIpc) is 2.43. The van der Waals surface area contributed by atoms with Gasteiger partial charge in [0.1, 0.15) is 11.6 Å². The van der Waals surface area contributed by atoms with Gasteiger partial charge in [0, 0.05) is 4.47 Å². The molecule has 1 aromatic rings. The van der Waals surface area contributed by atoms with Crippen LogP contribution in [-0.2, 0) is 9.59 Å². The van der Waals surface area contributed by atoms with Crippen LogP contribution >= 0.6 is 15.9 Å². The molecule has 4 nitrogen and oxygen atoms in total. The minimum atomic E-state index is -0.849. The molecule has 5 heteroatoms. The smallest absolute Gasteiger partial charge is 0.253 e. The summed E-state index contributed by atoms with van der Waals surface area (Å²) in [6, 6.07) is 7.03. The Hall–Kier alpha value is -1.36. The Labute approximate surface area is 134 Å². The third-order valence-electron chi connectivity index (χ3n) is 4.09. The molecule has 0 bridgehead atoms. The summed E-state index contributed by atoms with van der Waals surface area (Å²) in [5.74, 6) is -0.123. The Bertz CT molecular complexity index is 573. The number of rotatable bonds is 3. The van der Waals surface area contributed by atoms with Gasteiger partial charge in [0.15, 0.2) is 0 Å². The van der Waals surface area contributed by atoms with Crippen LogP contribution in [-0.4, -0.2) is 23.4 Å². The third kappa shape index (κ3) is 2.71. The number of nitrogens with zero attached hydrogens (tertiary/aromatic N) is 1. The first-order valence-electron chi connectivity index (χ1n) is 7.22. The Morgan fingerprint density at radius 2 is 1.95 bits per heavy atom. The molecule has 2 amide bonds. The monoisotopic (exact) mass is 352 g/mol. The van der Waals surface area contributed by atoms with Crippen LogP contribution in [0.4, 0.5) is 5.69 Å². The maximum Gasteiger partial charge on any atom is 0.253 e. The van der Waals surface area contributed by atoms with Crippen molar-refractivity contribution in [2.45, 2.75) is 45.7 Å². The van der Waals surface area contributed by atoms with Crippen molar-refractivity contribution in [1.29, 1.82) is 0 Å². The summed E-state index contributed by atoms with van der Waals surface area (Å²) in [7, 11) is 0. The molecule has 0 saturated carbocycles. The summed E-state index contributed by atoms with van der Waals surface area (Å²) in [4.78, 5) is 27.2. The molecule has 2 rings (SSSR count). The van der Waals surface area contributed by atoms with E-state index in [9.17, 15) is 9.59 Å². The molecular formula is C16H21BrN2O2. The molecule has 21 heavy (non-hydrogen) atoms. The quantitative estimate of drug-likeness (QED) is 0.908. The fourth-order valence-electron chi connectivity index (χ4n) is 2.66. The van der Waals surface area contributed by atoms with Crippen LogP contribution in [0, 0.1) is 5.92 Å². The van der Waals surface area contributed by atoms with Gasteiger partial charge in [0.25, 0.3) is 5.91 Å². The number of carbonyl (C=O) groups is 2. The van der Waals surface area contributed by atoms with E-state index >= 15 is 0 Å². The summed E-state index contributed by atoms with van der Waals surface area (Å²) < 4.78 is 0.817. The van der Waals surface area contributed by atoms with E-state index < -0.39 is 11.6 Å². The van der Waals surface area contributed by atoms with Gasteiger partial charge in [-0.3, -0.25) is 14.5 Å². The molecule has 2 atom stereocenters. The molecule has 1 fully saturated rings. The number of piperazine rings is 1. The van der Waals surface area contributed by atoms with Gasteiger partial charge in [-0.15, -0.1) is 0 Å². The Balaban J connectivity index is 2.57. The Kier molecular flexibility index (Phi) is 4.42. The van der Waals surface area contributed by atoms with Gasteiger partial charge in [0.2, 0.25) is 5.91 Å². The molecular weight excluding hydrogens is 332 g/mol. The van der Waals surface area contributed by atoms with Gasteiger partial charge in [0.05, 0.1) is 5.69 Å². The summed E-state index contributed by atoms with van der Waals surface area (Å²) in [6.07, 6.45) is 0.559. The molecule has 1 heterocycles. The highest BCUT2D eigenvalue weighted by Crippen LogP contribution is 2.34. The summed E-state index contributed by atoms with van der Waals surface area (Å²) in [5, 5.41) is 2.90. The lowest BCUT2D eigenvalue weighted by atomic mass is 9.88. The van der Waals surface area contributed by atoms with Gasteiger partial charge in [-0.25, -0.2) is 0 Å². The summed E-state index contributed by atoms with van der Waals surface area (Å²) in [5.41, 5.74) is -0.103. The SMILES string of the molecule is CCC1(C)NC(=O)C(C(C)C)N(c2ccccc2Br)C1=O. The van der Waals surface area contributed by atoms with Gasteiger partial charge in [-0.1, -0.05) is 32.9 Å². The Morgan fingerprint density at radius 3 is 2.48 bits per heavy atom. The molecule has 1 saturated heterocycles. The molecule has 2 unspecified atom stereocenters. The minimum Gasteiger partial charge on any atom is -0.340 e. The Morgan fingerprint density at radius 1 is 1.33 bits per heavy atom. The standard InChI is InChI=1S/C16H21BrN2O2/c1-5-16(4)15(21)19(12-9-7-6-8-11(12)17)13(10(2)3)14(20)18-16/h6-10,13H,5H2,1-4H3,(H,18,20). The second-order valence-electron chi connectivity index (χ2n) is 5.99. The summed E-state index contributed by atoms with van der Waals surface area (Å²) in [6.45, 7) is 7.60. The number of halogens is 1. The first kappa shape index (κ1) is 16.0. The average molecular weight is 353 g/mol. The normalized spacial score (nSPS) is 26.2. The zero-order valence-electron chi connectivity index (χ0n) is 12.8. The number of amides is 2. The van der Waals surface area contributed by atoms with E-state index in [1.165, 1.54) is 0 Å². The van der Waals surface area contributed by atoms with E-state index in [0.29, 0.717) is 6.42 Å². The second kappa shape index (κ2) is 5.79. The van der Waals surface area contributed by atoms with E-state index in [-0.39, 0.29) is 17.7 Å². The molecule has 1 aliphatic rings. The first-order valence-corrected chi connectivity index (χ1v) is 8.01. The number of benzene rings is 1. The van der Waals surface area contributed by atoms with E-state index in [4.69, 9.17) is 0 Å². The van der Waals surface area contributed by atoms with Crippen LogP contribution in [0.5, 0.6) is 0 Å². The molecule has 1 N–H and O–H groups in total. The predicted octanol–water partition coefficient (Wildman–Crippen LogP) is 3.11. The molecule has 1 aliphatic heterocycles. The molecule has 0 radical (unpaired) electrons. The van der Waals surface area contributed by atoms with Crippen LogP contribution in [0.15, 0.2) is 28.7 Å². The van der Waals surface area contributed by atoms with Gasteiger partial charge in [-0.2, -0.15) is 0 Å². The number of anilines is 1. The zero-order valence-corrected chi connectivity index (χ0v) is 14.4. The maximum absolute atomic E-state index is 13.0. The number of para-hydroxylation sites is 1. The minimum absolute atomic E-state index is 0.0301. The topological polar surface area (TPSA) is 49.4 Å². The van der Waals surface area contributed by atoms with E-state index in [0.717, 1.165) is 10.2 Å². The predicted molar refractivity (Wildman–Crippen MR) is 87.1 cm³/mol. The third-order valence-corrected chi connectivity index (χ3v) is 4.76. The fourth-order valence-corrected chi connectivity index (χ4v) is 3.13. The highest BCUT2D eigenvalue weighted by atomic mass is 79.9.